The molecule has 3 heterocycles. The van der Waals surface area contributed by atoms with Crippen LogP contribution in [-0.4, -0.2) is 44.6 Å². The van der Waals surface area contributed by atoms with Gasteiger partial charge in [-0.25, -0.2) is 9.97 Å². The number of rotatable bonds is 3. The van der Waals surface area contributed by atoms with Gasteiger partial charge in [-0.15, -0.1) is 0 Å². The van der Waals surface area contributed by atoms with Crippen molar-refractivity contribution in [2.24, 2.45) is 0 Å². The Bertz CT molecular complexity index is 577. The average Bonchev–Trinajstić information content (AvgIpc) is 2.95. The van der Waals surface area contributed by atoms with E-state index in [-0.39, 0.29) is 0 Å². The lowest BCUT2D eigenvalue weighted by Gasteiger charge is -2.30. The second kappa shape index (κ2) is 5.71. The molecule has 5 heteroatoms. The molecule has 1 atom stereocenters. The normalized spacial score (nSPS) is 20.2. The Morgan fingerprint density at radius 3 is 2.85 bits per heavy atom. The smallest absolute Gasteiger partial charge is 0.160 e. The van der Waals surface area contributed by atoms with Gasteiger partial charge in [0.1, 0.15) is 5.82 Å². The minimum absolute atomic E-state index is 0.463. The SMILES string of the molecule is CCc1nccn1-c1nccnc1[C@H]1CCCN(C)C1. The molecule has 0 saturated carbocycles. The lowest BCUT2D eigenvalue weighted by atomic mass is 9.94. The molecule has 106 valence electrons. The van der Waals surface area contributed by atoms with Crippen LogP contribution in [0.15, 0.2) is 24.8 Å². The predicted molar refractivity (Wildman–Crippen MR) is 78.0 cm³/mol. The summed E-state index contributed by atoms with van der Waals surface area (Å²) in [7, 11) is 2.18. The van der Waals surface area contributed by atoms with E-state index in [0.717, 1.165) is 30.3 Å². The molecule has 5 nitrogen and oxygen atoms in total. The largest absolute Gasteiger partial charge is 0.306 e. The van der Waals surface area contributed by atoms with Crippen molar-refractivity contribution in [3.8, 4) is 5.82 Å². The number of aromatic nitrogens is 4. The molecule has 1 aliphatic rings. The molecule has 0 bridgehead atoms. The van der Waals surface area contributed by atoms with Crippen LogP contribution in [0.3, 0.4) is 0 Å². The summed E-state index contributed by atoms with van der Waals surface area (Å²) in [6, 6.07) is 0. The Morgan fingerprint density at radius 2 is 2.05 bits per heavy atom. The van der Waals surface area contributed by atoms with Crippen LogP contribution in [0.5, 0.6) is 0 Å². The van der Waals surface area contributed by atoms with E-state index in [0.29, 0.717) is 5.92 Å². The van der Waals surface area contributed by atoms with Gasteiger partial charge < -0.3 is 4.90 Å². The van der Waals surface area contributed by atoms with Gasteiger partial charge in [-0.2, -0.15) is 0 Å². The Hall–Kier alpha value is -1.75. The maximum atomic E-state index is 4.63. The fourth-order valence-electron chi connectivity index (χ4n) is 2.99. The summed E-state index contributed by atoms with van der Waals surface area (Å²) in [6.07, 6.45) is 10.7. The first-order chi connectivity index (χ1) is 9.79. The molecule has 0 radical (unpaired) electrons. The van der Waals surface area contributed by atoms with Crippen LogP contribution < -0.4 is 0 Å². The highest BCUT2D eigenvalue weighted by Crippen LogP contribution is 2.28. The van der Waals surface area contributed by atoms with E-state index < -0.39 is 0 Å². The van der Waals surface area contributed by atoms with Crippen molar-refractivity contribution in [2.45, 2.75) is 32.1 Å². The highest BCUT2D eigenvalue weighted by atomic mass is 15.1. The molecule has 0 aliphatic carbocycles. The summed E-state index contributed by atoms with van der Waals surface area (Å²) in [5.41, 5.74) is 1.10. The third-order valence-corrected chi connectivity index (χ3v) is 3.98. The molecule has 3 rings (SSSR count). The number of piperidine rings is 1. The Kier molecular flexibility index (Phi) is 3.78. The zero-order valence-corrected chi connectivity index (χ0v) is 12.2. The van der Waals surface area contributed by atoms with E-state index in [1.54, 1.807) is 12.4 Å². The van der Waals surface area contributed by atoms with Crippen molar-refractivity contribution < 1.29 is 0 Å². The summed E-state index contributed by atoms with van der Waals surface area (Å²) in [5.74, 6) is 2.45. The van der Waals surface area contributed by atoms with Gasteiger partial charge in [0.25, 0.3) is 0 Å². The van der Waals surface area contributed by atoms with Gasteiger partial charge in [-0.1, -0.05) is 6.92 Å². The summed E-state index contributed by atoms with van der Waals surface area (Å²) in [5, 5.41) is 0. The topological polar surface area (TPSA) is 46.8 Å². The van der Waals surface area contributed by atoms with E-state index in [9.17, 15) is 0 Å². The molecule has 1 fully saturated rings. The predicted octanol–water partition coefficient (Wildman–Crippen LogP) is 2.03. The van der Waals surface area contributed by atoms with Crippen molar-refractivity contribution in [3.63, 3.8) is 0 Å². The van der Waals surface area contributed by atoms with Crippen LogP contribution in [0.4, 0.5) is 0 Å². The van der Waals surface area contributed by atoms with Crippen LogP contribution in [0.2, 0.25) is 0 Å². The van der Waals surface area contributed by atoms with Gasteiger partial charge in [-0.05, 0) is 26.4 Å². The van der Waals surface area contributed by atoms with Gasteiger partial charge in [0.15, 0.2) is 5.82 Å². The Balaban J connectivity index is 2.00. The van der Waals surface area contributed by atoms with Crippen LogP contribution in [-0.2, 0) is 6.42 Å². The van der Waals surface area contributed by atoms with E-state index in [1.807, 2.05) is 12.4 Å². The second-order valence-electron chi connectivity index (χ2n) is 5.43. The third-order valence-electron chi connectivity index (χ3n) is 3.98. The van der Waals surface area contributed by atoms with E-state index in [4.69, 9.17) is 0 Å². The van der Waals surface area contributed by atoms with Gasteiger partial charge in [-0.3, -0.25) is 9.55 Å². The van der Waals surface area contributed by atoms with Crippen LogP contribution in [0, 0.1) is 0 Å². The number of likely N-dealkylation sites (N-methyl/N-ethyl adjacent to an activating group) is 1. The molecule has 0 unspecified atom stereocenters. The molecule has 20 heavy (non-hydrogen) atoms. The third kappa shape index (κ3) is 2.45. The minimum atomic E-state index is 0.463. The highest BCUT2D eigenvalue weighted by molar-refractivity contribution is 5.33. The minimum Gasteiger partial charge on any atom is -0.306 e. The zero-order chi connectivity index (χ0) is 13.9. The Morgan fingerprint density at radius 1 is 1.20 bits per heavy atom. The average molecular weight is 271 g/mol. The van der Waals surface area contributed by atoms with Gasteiger partial charge in [0.05, 0.1) is 5.69 Å². The van der Waals surface area contributed by atoms with Crippen molar-refractivity contribution >= 4 is 0 Å². The molecular weight excluding hydrogens is 250 g/mol. The molecule has 0 N–H and O–H groups in total. The van der Waals surface area contributed by atoms with E-state index in [2.05, 4.69) is 38.4 Å². The molecule has 1 aliphatic heterocycles. The quantitative estimate of drug-likeness (QED) is 0.857. The standard InChI is InChI=1S/C15H21N5/c1-3-13-16-8-10-20(13)15-14(17-6-7-18-15)12-5-4-9-19(2)11-12/h6-8,10,12H,3-5,9,11H2,1-2H3/t12-/m0/s1. The number of hydrogen-bond acceptors (Lipinski definition) is 4. The molecular formula is C15H21N5. The molecule has 2 aromatic rings. The second-order valence-corrected chi connectivity index (χ2v) is 5.43. The summed E-state index contributed by atoms with van der Waals surface area (Å²) in [6.45, 7) is 4.35. The highest BCUT2D eigenvalue weighted by Gasteiger charge is 2.24. The first-order valence-electron chi connectivity index (χ1n) is 7.31. The zero-order valence-electron chi connectivity index (χ0n) is 12.2. The van der Waals surface area contributed by atoms with Gasteiger partial charge >= 0.3 is 0 Å². The number of aryl methyl sites for hydroxylation is 1. The van der Waals surface area contributed by atoms with E-state index >= 15 is 0 Å². The summed E-state index contributed by atoms with van der Waals surface area (Å²) in [4.78, 5) is 16.0. The molecule has 1 saturated heterocycles. The number of hydrogen-bond donors (Lipinski definition) is 0. The fourth-order valence-corrected chi connectivity index (χ4v) is 2.99. The lowest BCUT2D eigenvalue weighted by molar-refractivity contribution is 0.248. The molecule has 0 aromatic carbocycles. The Labute approximate surface area is 119 Å². The van der Waals surface area contributed by atoms with Crippen molar-refractivity contribution in [3.05, 3.63) is 36.3 Å². The summed E-state index contributed by atoms with van der Waals surface area (Å²) >= 11 is 0. The maximum absolute atomic E-state index is 4.63. The van der Waals surface area contributed by atoms with Crippen molar-refractivity contribution in [1.82, 2.24) is 24.4 Å². The van der Waals surface area contributed by atoms with Crippen molar-refractivity contribution in [2.75, 3.05) is 20.1 Å². The molecule has 0 spiro atoms. The summed E-state index contributed by atoms with van der Waals surface area (Å²) < 4.78 is 2.08. The van der Waals surface area contributed by atoms with Crippen LogP contribution in [0.25, 0.3) is 5.82 Å². The van der Waals surface area contributed by atoms with Crippen LogP contribution >= 0.6 is 0 Å². The lowest BCUT2D eigenvalue weighted by Crippen LogP contribution is -2.32. The first kappa shape index (κ1) is 13.2. The van der Waals surface area contributed by atoms with E-state index in [1.165, 1.54) is 19.4 Å². The van der Waals surface area contributed by atoms with Crippen LogP contribution in [0.1, 0.15) is 37.2 Å². The number of nitrogens with zero attached hydrogens (tertiary/aromatic N) is 5. The number of likely N-dealkylation sites (tertiary alicyclic amines) is 1. The first-order valence-corrected chi connectivity index (χ1v) is 7.31. The maximum Gasteiger partial charge on any atom is 0.160 e. The molecule has 2 aromatic heterocycles. The van der Waals surface area contributed by atoms with Gasteiger partial charge in [0, 0.05) is 43.7 Å². The fraction of sp³-hybridized carbons (Fsp3) is 0.533. The number of imidazole rings is 1. The monoisotopic (exact) mass is 271 g/mol. The molecule has 0 amide bonds. The van der Waals surface area contributed by atoms with Crippen molar-refractivity contribution in [1.29, 1.82) is 0 Å². The van der Waals surface area contributed by atoms with Gasteiger partial charge in [0.2, 0.25) is 0 Å².